The molecule has 1 amide bonds. The SMILES string of the molecule is COc1cc(C(N)=O)c(OC)c(S(N)(=O)=O)c1. The molecule has 1 aromatic carbocycles. The van der Waals surface area contributed by atoms with Crippen LogP contribution < -0.4 is 20.3 Å². The summed E-state index contributed by atoms with van der Waals surface area (Å²) in [5.74, 6) is -0.893. The Bertz CT molecular complexity index is 553. The number of hydrogen-bond donors (Lipinski definition) is 2. The summed E-state index contributed by atoms with van der Waals surface area (Å²) >= 11 is 0. The van der Waals surface area contributed by atoms with E-state index in [1.54, 1.807) is 0 Å². The zero-order valence-electron chi connectivity index (χ0n) is 9.26. The van der Waals surface area contributed by atoms with Crippen molar-refractivity contribution >= 4 is 15.9 Å². The Morgan fingerprint density at radius 3 is 2.18 bits per heavy atom. The first-order chi connectivity index (χ1) is 7.81. The van der Waals surface area contributed by atoms with Gasteiger partial charge in [-0.2, -0.15) is 0 Å². The van der Waals surface area contributed by atoms with Gasteiger partial charge in [0.25, 0.3) is 5.91 Å². The Morgan fingerprint density at radius 1 is 1.24 bits per heavy atom. The number of primary amides is 1. The average Bonchev–Trinajstić information content (AvgIpc) is 2.25. The van der Waals surface area contributed by atoms with Crippen molar-refractivity contribution in [2.45, 2.75) is 4.90 Å². The lowest BCUT2D eigenvalue weighted by Crippen LogP contribution is -2.18. The molecule has 0 radical (unpaired) electrons. The molecule has 8 heteroatoms. The van der Waals surface area contributed by atoms with Gasteiger partial charge >= 0.3 is 0 Å². The van der Waals surface area contributed by atoms with Gasteiger partial charge in [0.1, 0.15) is 10.6 Å². The highest BCUT2D eigenvalue weighted by Crippen LogP contribution is 2.31. The lowest BCUT2D eigenvalue weighted by atomic mass is 10.2. The third-order valence-corrected chi connectivity index (χ3v) is 2.96. The lowest BCUT2D eigenvalue weighted by Gasteiger charge is -2.12. The third-order valence-electron chi connectivity index (χ3n) is 2.04. The van der Waals surface area contributed by atoms with E-state index in [0.717, 1.165) is 6.07 Å². The van der Waals surface area contributed by atoms with E-state index >= 15 is 0 Å². The summed E-state index contributed by atoms with van der Waals surface area (Å²) in [4.78, 5) is 10.8. The van der Waals surface area contributed by atoms with Gasteiger partial charge in [-0.05, 0) is 6.07 Å². The van der Waals surface area contributed by atoms with Crippen molar-refractivity contribution in [2.75, 3.05) is 14.2 Å². The molecule has 0 fully saturated rings. The van der Waals surface area contributed by atoms with Crippen LogP contribution in [0.5, 0.6) is 11.5 Å². The summed E-state index contributed by atoms with van der Waals surface area (Å²) in [6.07, 6.45) is 0. The van der Waals surface area contributed by atoms with Gasteiger partial charge in [-0.1, -0.05) is 0 Å². The predicted octanol–water partition coefficient (Wildman–Crippen LogP) is -0.550. The largest absolute Gasteiger partial charge is 0.497 e. The summed E-state index contributed by atoms with van der Waals surface area (Å²) in [6, 6.07) is 2.43. The molecule has 4 N–H and O–H groups in total. The van der Waals surface area contributed by atoms with Gasteiger partial charge in [-0.15, -0.1) is 0 Å². The molecule has 7 nitrogen and oxygen atoms in total. The van der Waals surface area contributed by atoms with Crippen molar-refractivity contribution in [3.05, 3.63) is 17.7 Å². The van der Waals surface area contributed by atoms with Crippen LogP contribution in [0.3, 0.4) is 0 Å². The van der Waals surface area contributed by atoms with Gasteiger partial charge in [0, 0.05) is 6.07 Å². The molecule has 0 aliphatic carbocycles. The molecule has 0 saturated carbocycles. The number of benzene rings is 1. The molecule has 0 bridgehead atoms. The second kappa shape index (κ2) is 4.60. The molecule has 0 heterocycles. The first kappa shape index (κ1) is 13.3. The van der Waals surface area contributed by atoms with E-state index in [0.29, 0.717) is 0 Å². The van der Waals surface area contributed by atoms with Crippen LogP contribution in [0.25, 0.3) is 0 Å². The monoisotopic (exact) mass is 260 g/mol. The quantitative estimate of drug-likeness (QED) is 0.752. The average molecular weight is 260 g/mol. The Balaban J connectivity index is 3.69. The second-order valence-electron chi connectivity index (χ2n) is 3.12. The normalized spacial score (nSPS) is 11.0. The smallest absolute Gasteiger partial charge is 0.252 e. The maximum Gasteiger partial charge on any atom is 0.252 e. The molecule has 94 valence electrons. The molecule has 0 unspecified atom stereocenters. The van der Waals surface area contributed by atoms with E-state index in [1.165, 1.54) is 20.3 Å². The molecule has 0 spiro atoms. The number of hydrogen-bond acceptors (Lipinski definition) is 5. The molecule has 1 rings (SSSR count). The fraction of sp³-hybridized carbons (Fsp3) is 0.222. The number of methoxy groups -OCH3 is 2. The highest BCUT2D eigenvalue weighted by atomic mass is 32.2. The Labute approximate surface area is 98.4 Å². The molecule has 0 atom stereocenters. The fourth-order valence-corrected chi connectivity index (χ4v) is 2.03. The fourth-order valence-electron chi connectivity index (χ4n) is 1.30. The van der Waals surface area contributed by atoms with E-state index in [1.807, 2.05) is 0 Å². The maximum absolute atomic E-state index is 11.3. The first-order valence-electron chi connectivity index (χ1n) is 4.40. The summed E-state index contributed by atoms with van der Waals surface area (Å²) in [6.45, 7) is 0. The predicted molar refractivity (Wildman–Crippen MR) is 59.4 cm³/mol. The van der Waals surface area contributed by atoms with E-state index in [2.05, 4.69) is 0 Å². The summed E-state index contributed by atoms with van der Waals surface area (Å²) in [5.41, 5.74) is 5.00. The van der Waals surface area contributed by atoms with E-state index in [-0.39, 0.29) is 22.0 Å². The highest BCUT2D eigenvalue weighted by Gasteiger charge is 2.22. The minimum Gasteiger partial charge on any atom is -0.497 e. The Kier molecular flexibility index (Phi) is 3.59. The van der Waals surface area contributed by atoms with Gasteiger partial charge < -0.3 is 15.2 Å². The van der Waals surface area contributed by atoms with Crippen LogP contribution in [0.2, 0.25) is 0 Å². The van der Waals surface area contributed by atoms with E-state index in [4.69, 9.17) is 20.3 Å². The van der Waals surface area contributed by atoms with Crippen molar-refractivity contribution in [2.24, 2.45) is 10.9 Å². The lowest BCUT2D eigenvalue weighted by molar-refractivity contribution is 0.0996. The van der Waals surface area contributed by atoms with Crippen LogP contribution in [-0.2, 0) is 10.0 Å². The van der Waals surface area contributed by atoms with Crippen LogP contribution in [0.1, 0.15) is 10.4 Å². The molecule has 1 aromatic rings. The van der Waals surface area contributed by atoms with Crippen molar-refractivity contribution < 1.29 is 22.7 Å². The van der Waals surface area contributed by atoms with Gasteiger partial charge in [-0.3, -0.25) is 4.79 Å². The summed E-state index contributed by atoms with van der Waals surface area (Å²) in [5, 5.41) is 5.01. The molecule has 17 heavy (non-hydrogen) atoms. The minimum atomic E-state index is -4.05. The highest BCUT2D eigenvalue weighted by molar-refractivity contribution is 7.89. The molecule has 0 aliphatic rings. The topological polar surface area (TPSA) is 122 Å². The van der Waals surface area contributed by atoms with Crippen molar-refractivity contribution in [1.82, 2.24) is 0 Å². The molecule has 0 saturated heterocycles. The van der Waals surface area contributed by atoms with E-state index < -0.39 is 15.9 Å². The first-order valence-corrected chi connectivity index (χ1v) is 5.94. The Hall–Kier alpha value is -1.80. The number of carbonyl (C=O) groups excluding carboxylic acids is 1. The van der Waals surface area contributed by atoms with Crippen LogP contribution in [0, 0.1) is 0 Å². The Morgan fingerprint density at radius 2 is 1.82 bits per heavy atom. The summed E-state index contributed by atoms with van der Waals surface area (Å²) < 4.78 is 32.4. The van der Waals surface area contributed by atoms with Gasteiger partial charge in [0.05, 0.1) is 19.8 Å². The van der Waals surface area contributed by atoms with Crippen LogP contribution in [-0.4, -0.2) is 28.5 Å². The number of sulfonamides is 1. The van der Waals surface area contributed by atoms with Gasteiger partial charge in [0.15, 0.2) is 5.75 Å². The van der Waals surface area contributed by atoms with Gasteiger partial charge in [-0.25, -0.2) is 13.6 Å². The zero-order valence-corrected chi connectivity index (χ0v) is 10.1. The number of carbonyl (C=O) groups is 1. The second-order valence-corrected chi connectivity index (χ2v) is 4.65. The third kappa shape index (κ3) is 2.66. The van der Waals surface area contributed by atoms with Gasteiger partial charge in [0.2, 0.25) is 10.0 Å². The van der Waals surface area contributed by atoms with Crippen LogP contribution in [0.15, 0.2) is 17.0 Å². The van der Waals surface area contributed by atoms with E-state index in [9.17, 15) is 13.2 Å². The van der Waals surface area contributed by atoms with Crippen LogP contribution >= 0.6 is 0 Å². The number of primary sulfonamides is 1. The number of ether oxygens (including phenoxy) is 2. The number of rotatable bonds is 4. The standard InChI is InChI=1S/C9H12N2O5S/c1-15-5-3-6(9(10)12)8(16-2)7(4-5)17(11,13)14/h3-4H,1-2H3,(H2,10,12)(H2,11,13,14). The minimum absolute atomic E-state index is 0.115. The summed E-state index contributed by atoms with van der Waals surface area (Å²) in [7, 11) is -1.52. The number of nitrogens with two attached hydrogens (primary N) is 2. The van der Waals surface area contributed by atoms with Crippen molar-refractivity contribution in [3.63, 3.8) is 0 Å². The van der Waals surface area contributed by atoms with Crippen molar-refractivity contribution in [1.29, 1.82) is 0 Å². The molecular weight excluding hydrogens is 248 g/mol. The maximum atomic E-state index is 11.3. The molecular formula is C9H12N2O5S. The molecule has 0 aliphatic heterocycles. The molecule has 0 aromatic heterocycles. The van der Waals surface area contributed by atoms with Crippen LogP contribution in [0.4, 0.5) is 0 Å². The number of amides is 1. The van der Waals surface area contributed by atoms with Crippen molar-refractivity contribution in [3.8, 4) is 11.5 Å². The zero-order chi connectivity index (χ0) is 13.2.